The van der Waals surface area contributed by atoms with Gasteiger partial charge in [0.05, 0.1) is 24.8 Å². The monoisotopic (exact) mass is 519 g/mol. The number of fused-ring (bicyclic) bond motifs is 1. The summed E-state index contributed by atoms with van der Waals surface area (Å²) in [5.41, 5.74) is 1.51. The zero-order valence-electron chi connectivity index (χ0n) is 21.6. The molecule has 0 radical (unpaired) electrons. The summed E-state index contributed by atoms with van der Waals surface area (Å²) >= 11 is 1.64. The molecule has 1 aliphatic heterocycles. The van der Waals surface area contributed by atoms with Gasteiger partial charge in [-0.3, -0.25) is 14.5 Å². The minimum atomic E-state index is -0.428. The molecule has 1 fully saturated rings. The number of thiophene rings is 1. The van der Waals surface area contributed by atoms with E-state index in [-0.39, 0.29) is 23.9 Å². The molecule has 5 rings (SSSR count). The van der Waals surface area contributed by atoms with Crippen LogP contribution in [0.3, 0.4) is 0 Å². The Morgan fingerprint density at radius 2 is 1.95 bits per heavy atom. The van der Waals surface area contributed by atoms with Gasteiger partial charge in [-0.15, -0.1) is 11.3 Å². The van der Waals surface area contributed by atoms with Crippen LogP contribution in [-0.4, -0.2) is 47.3 Å². The Labute approximate surface area is 223 Å². The number of nitrogens with zero attached hydrogens (tertiary/aromatic N) is 2. The number of rotatable bonds is 11. The predicted molar refractivity (Wildman–Crippen MR) is 147 cm³/mol. The molecule has 0 saturated heterocycles. The summed E-state index contributed by atoms with van der Waals surface area (Å²) < 4.78 is 5.57. The molecule has 2 atom stereocenters. The average molecular weight is 520 g/mol. The number of benzene rings is 1. The highest BCUT2D eigenvalue weighted by atomic mass is 32.1. The minimum Gasteiger partial charge on any atom is -0.468 e. The van der Waals surface area contributed by atoms with Crippen molar-refractivity contribution in [3.63, 3.8) is 0 Å². The third kappa shape index (κ3) is 5.68. The molecule has 0 spiro atoms. The Morgan fingerprint density at radius 3 is 2.68 bits per heavy atom. The standard InChI is InChI=1S/C30H37N3O3S/c1-2-3-17-32(21-23-12-8-19-36-23)18-16-31-29(34)27-24-13-6-7-14-25(24)30(35)33(22-10-4-5-11-22)28(27)26-15-9-20-37-26/h6-9,12-15,19-20,22,27-28H,2-5,10-11,16-18,21H2,1H3,(H,31,34)/t27-,28+/m0/s1. The number of nitrogens with one attached hydrogen (secondary N) is 1. The fourth-order valence-electron chi connectivity index (χ4n) is 5.90. The van der Waals surface area contributed by atoms with Gasteiger partial charge in [0.25, 0.3) is 5.91 Å². The quantitative estimate of drug-likeness (QED) is 0.338. The van der Waals surface area contributed by atoms with E-state index in [1.807, 2.05) is 47.8 Å². The zero-order chi connectivity index (χ0) is 25.6. The molecular formula is C30H37N3O3S. The first kappa shape index (κ1) is 25.7. The molecule has 1 N–H and O–H groups in total. The molecule has 1 aliphatic carbocycles. The van der Waals surface area contributed by atoms with E-state index in [0.717, 1.165) is 74.4 Å². The zero-order valence-corrected chi connectivity index (χ0v) is 22.4. The van der Waals surface area contributed by atoms with Crippen molar-refractivity contribution < 1.29 is 14.0 Å². The molecule has 3 heterocycles. The lowest BCUT2D eigenvalue weighted by Crippen LogP contribution is -2.51. The molecule has 1 saturated carbocycles. The SMILES string of the molecule is CCCCN(CCNC(=O)[C@H]1c2ccccc2C(=O)N(C2CCCC2)[C@@H]1c1cccs1)Cc1ccco1. The molecule has 7 heteroatoms. The summed E-state index contributed by atoms with van der Waals surface area (Å²) in [6.07, 6.45) is 8.20. The highest BCUT2D eigenvalue weighted by molar-refractivity contribution is 7.10. The van der Waals surface area contributed by atoms with Crippen molar-refractivity contribution in [2.24, 2.45) is 0 Å². The summed E-state index contributed by atoms with van der Waals surface area (Å²) in [6, 6.07) is 15.6. The van der Waals surface area contributed by atoms with Crippen molar-refractivity contribution in [3.8, 4) is 0 Å². The van der Waals surface area contributed by atoms with Crippen molar-refractivity contribution in [2.45, 2.75) is 70.0 Å². The van der Waals surface area contributed by atoms with Crippen molar-refractivity contribution in [2.75, 3.05) is 19.6 Å². The molecular weight excluding hydrogens is 482 g/mol. The van der Waals surface area contributed by atoms with Crippen LogP contribution in [0.25, 0.3) is 0 Å². The van der Waals surface area contributed by atoms with Gasteiger partial charge in [0.1, 0.15) is 5.76 Å². The second-order valence-electron chi connectivity index (χ2n) is 10.2. The average Bonchev–Trinajstić information content (AvgIpc) is 3.71. The van der Waals surface area contributed by atoms with E-state index < -0.39 is 5.92 Å². The van der Waals surface area contributed by atoms with Crippen LogP contribution in [0.2, 0.25) is 0 Å². The number of amides is 2. The number of hydrogen-bond donors (Lipinski definition) is 1. The van der Waals surface area contributed by atoms with Gasteiger partial charge in [0, 0.05) is 29.6 Å². The number of hydrogen-bond acceptors (Lipinski definition) is 5. The maximum Gasteiger partial charge on any atom is 0.254 e. The molecule has 37 heavy (non-hydrogen) atoms. The van der Waals surface area contributed by atoms with Crippen LogP contribution in [0, 0.1) is 0 Å². The van der Waals surface area contributed by atoms with Crippen molar-refractivity contribution in [1.29, 1.82) is 0 Å². The van der Waals surface area contributed by atoms with Crippen LogP contribution in [0.5, 0.6) is 0 Å². The predicted octanol–water partition coefficient (Wildman–Crippen LogP) is 5.98. The molecule has 3 aromatic rings. The van der Waals surface area contributed by atoms with Crippen molar-refractivity contribution >= 4 is 23.2 Å². The fourth-order valence-corrected chi connectivity index (χ4v) is 6.76. The van der Waals surface area contributed by atoms with E-state index in [4.69, 9.17) is 4.42 Å². The number of furan rings is 1. The van der Waals surface area contributed by atoms with Gasteiger partial charge in [0.2, 0.25) is 5.91 Å². The molecule has 196 valence electrons. The van der Waals surface area contributed by atoms with E-state index >= 15 is 0 Å². The van der Waals surface area contributed by atoms with Crippen molar-refractivity contribution in [1.82, 2.24) is 15.1 Å². The molecule has 0 unspecified atom stereocenters. The van der Waals surface area contributed by atoms with E-state index in [2.05, 4.69) is 28.1 Å². The highest BCUT2D eigenvalue weighted by Gasteiger charge is 2.47. The maximum atomic E-state index is 14.0. The Balaban J connectivity index is 1.38. The summed E-state index contributed by atoms with van der Waals surface area (Å²) in [7, 11) is 0. The fraction of sp³-hybridized carbons (Fsp3) is 0.467. The Morgan fingerprint density at radius 1 is 1.11 bits per heavy atom. The second kappa shape index (κ2) is 12.1. The van der Waals surface area contributed by atoms with Crippen LogP contribution in [0.4, 0.5) is 0 Å². The summed E-state index contributed by atoms with van der Waals surface area (Å²) in [4.78, 5) is 33.2. The normalized spacial score (nSPS) is 19.9. The molecule has 2 aromatic heterocycles. The lowest BCUT2D eigenvalue weighted by Gasteiger charge is -2.44. The Kier molecular flexibility index (Phi) is 8.41. The molecule has 2 amide bonds. The second-order valence-corrected chi connectivity index (χ2v) is 11.2. The van der Waals surface area contributed by atoms with Gasteiger partial charge in [-0.05, 0) is 61.0 Å². The van der Waals surface area contributed by atoms with Gasteiger partial charge >= 0.3 is 0 Å². The largest absolute Gasteiger partial charge is 0.468 e. The minimum absolute atomic E-state index is 0.00483. The van der Waals surface area contributed by atoms with Crippen molar-refractivity contribution in [3.05, 3.63) is 81.9 Å². The number of carbonyl (C=O) groups is 2. The Bertz CT molecular complexity index is 1150. The maximum absolute atomic E-state index is 14.0. The van der Waals surface area contributed by atoms with Crippen LogP contribution in [0.15, 0.2) is 64.6 Å². The summed E-state index contributed by atoms with van der Waals surface area (Å²) in [6.45, 7) is 5.18. The highest BCUT2D eigenvalue weighted by Crippen LogP contribution is 2.47. The van der Waals surface area contributed by atoms with Crippen LogP contribution < -0.4 is 5.32 Å². The van der Waals surface area contributed by atoms with E-state index in [1.54, 1.807) is 17.6 Å². The topological polar surface area (TPSA) is 65.8 Å². The first-order chi connectivity index (χ1) is 18.2. The van der Waals surface area contributed by atoms with Gasteiger partial charge in [-0.25, -0.2) is 0 Å². The van der Waals surface area contributed by atoms with E-state index in [1.165, 1.54) is 0 Å². The smallest absolute Gasteiger partial charge is 0.254 e. The lowest BCUT2D eigenvalue weighted by atomic mass is 9.80. The van der Waals surface area contributed by atoms with Crippen LogP contribution in [-0.2, 0) is 11.3 Å². The molecule has 1 aromatic carbocycles. The van der Waals surface area contributed by atoms with E-state index in [9.17, 15) is 9.59 Å². The van der Waals surface area contributed by atoms with E-state index in [0.29, 0.717) is 12.1 Å². The van der Waals surface area contributed by atoms with Crippen LogP contribution >= 0.6 is 11.3 Å². The molecule has 2 aliphatic rings. The first-order valence-corrected chi connectivity index (χ1v) is 14.5. The van der Waals surface area contributed by atoms with Gasteiger partial charge in [0.15, 0.2) is 0 Å². The third-order valence-electron chi connectivity index (χ3n) is 7.73. The van der Waals surface area contributed by atoms with Gasteiger partial charge in [-0.2, -0.15) is 0 Å². The number of unbranched alkanes of at least 4 members (excludes halogenated alkanes) is 1. The summed E-state index contributed by atoms with van der Waals surface area (Å²) in [5, 5.41) is 5.30. The molecule has 6 nitrogen and oxygen atoms in total. The molecule has 0 bridgehead atoms. The Hall–Kier alpha value is -2.90. The number of carbonyl (C=O) groups excluding carboxylic acids is 2. The first-order valence-electron chi connectivity index (χ1n) is 13.6. The van der Waals surface area contributed by atoms with Gasteiger partial charge < -0.3 is 14.6 Å². The van der Waals surface area contributed by atoms with Crippen LogP contribution in [0.1, 0.15) is 84.0 Å². The van der Waals surface area contributed by atoms with Gasteiger partial charge in [-0.1, -0.05) is 50.5 Å². The third-order valence-corrected chi connectivity index (χ3v) is 8.67. The summed E-state index contributed by atoms with van der Waals surface area (Å²) in [5.74, 6) is 0.568. The lowest BCUT2D eigenvalue weighted by molar-refractivity contribution is -0.124.